The highest BCUT2D eigenvalue weighted by atomic mass is 19.1. The van der Waals surface area contributed by atoms with Gasteiger partial charge in [0.1, 0.15) is 22.9 Å². The molecule has 0 N–H and O–H groups in total. The van der Waals surface area contributed by atoms with Crippen molar-refractivity contribution in [2.75, 3.05) is 13.1 Å². The lowest BCUT2D eigenvalue weighted by molar-refractivity contribution is -0.131. The number of nitrogens with zero attached hydrogens (tertiary/aromatic N) is 6. The number of likely N-dealkylation sites (tertiary alicyclic amines) is 1. The Balaban J connectivity index is 1.36. The van der Waals surface area contributed by atoms with Crippen LogP contribution in [-0.4, -0.2) is 49.3 Å². The molecule has 1 fully saturated rings. The van der Waals surface area contributed by atoms with Gasteiger partial charge in [-0.1, -0.05) is 15.5 Å². The van der Waals surface area contributed by atoms with Crippen LogP contribution in [0.3, 0.4) is 0 Å². The van der Waals surface area contributed by atoms with Gasteiger partial charge in [0.05, 0.1) is 12.6 Å². The van der Waals surface area contributed by atoms with Gasteiger partial charge >= 0.3 is 0 Å². The Labute approximate surface area is 153 Å². The number of hydrogen-bond donors (Lipinski definition) is 0. The zero-order valence-electron chi connectivity index (χ0n) is 14.6. The summed E-state index contributed by atoms with van der Waals surface area (Å²) in [6.45, 7) is 2.95. The molecule has 1 aliphatic rings. The van der Waals surface area contributed by atoms with E-state index >= 15 is 0 Å². The fourth-order valence-electron chi connectivity index (χ4n) is 3.05. The summed E-state index contributed by atoms with van der Waals surface area (Å²) in [5.74, 6) is 0.494. The lowest BCUT2D eigenvalue weighted by Gasteiger charge is -2.30. The number of halogens is 1. The maximum Gasteiger partial charge on any atom is 0.230 e. The van der Waals surface area contributed by atoms with Crippen molar-refractivity contribution in [1.29, 1.82) is 0 Å². The zero-order valence-corrected chi connectivity index (χ0v) is 14.6. The molecule has 1 aliphatic heterocycles. The second-order valence-corrected chi connectivity index (χ2v) is 6.45. The summed E-state index contributed by atoms with van der Waals surface area (Å²) in [5.41, 5.74) is 1.65. The van der Waals surface area contributed by atoms with Crippen LogP contribution in [0.2, 0.25) is 0 Å². The standard InChI is InChI=1S/C17H17FN6O3/c1-10-14(22-27-21-10)8-15(25)24-6-4-11(5-7-24)17-20-16(23-26-17)13-3-2-12(18)9-19-13/h2-3,9,11H,4-8H2,1H3. The predicted octanol–water partition coefficient (Wildman–Crippen LogP) is 1.91. The van der Waals surface area contributed by atoms with Crippen LogP contribution >= 0.6 is 0 Å². The van der Waals surface area contributed by atoms with E-state index in [-0.39, 0.29) is 18.2 Å². The Morgan fingerprint density at radius 3 is 2.74 bits per heavy atom. The summed E-state index contributed by atoms with van der Waals surface area (Å²) in [7, 11) is 0. The number of aromatic nitrogens is 5. The maximum absolute atomic E-state index is 13.0. The van der Waals surface area contributed by atoms with Gasteiger partial charge in [-0.2, -0.15) is 4.98 Å². The molecule has 4 rings (SSSR count). The van der Waals surface area contributed by atoms with Crippen LogP contribution in [0.15, 0.2) is 27.5 Å². The largest absolute Gasteiger partial charge is 0.342 e. The van der Waals surface area contributed by atoms with Gasteiger partial charge in [0.15, 0.2) is 0 Å². The van der Waals surface area contributed by atoms with Gasteiger partial charge in [-0.05, 0) is 31.9 Å². The molecule has 27 heavy (non-hydrogen) atoms. The minimum absolute atomic E-state index is 0.00557. The van der Waals surface area contributed by atoms with Crippen molar-refractivity contribution >= 4 is 5.91 Å². The van der Waals surface area contributed by atoms with Gasteiger partial charge in [0.2, 0.25) is 17.6 Å². The highest BCUT2D eigenvalue weighted by molar-refractivity contribution is 5.78. The topological polar surface area (TPSA) is 111 Å². The Morgan fingerprint density at radius 1 is 1.26 bits per heavy atom. The Bertz CT molecular complexity index is 930. The second-order valence-electron chi connectivity index (χ2n) is 6.45. The molecule has 1 amide bonds. The molecule has 0 bridgehead atoms. The molecule has 140 valence electrons. The number of aryl methyl sites for hydroxylation is 1. The number of rotatable bonds is 4. The SMILES string of the molecule is Cc1nonc1CC(=O)N1CCC(c2nc(-c3ccc(F)cn3)no2)CC1. The Morgan fingerprint density at radius 2 is 2.07 bits per heavy atom. The van der Waals surface area contributed by atoms with Gasteiger partial charge in [-0.15, -0.1) is 0 Å². The summed E-state index contributed by atoms with van der Waals surface area (Å²) in [5, 5.41) is 11.4. The van der Waals surface area contributed by atoms with E-state index in [9.17, 15) is 9.18 Å². The average Bonchev–Trinajstić information content (AvgIpc) is 3.32. The molecule has 0 aliphatic carbocycles. The van der Waals surface area contributed by atoms with Gasteiger partial charge in [0, 0.05) is 19.0 Å². The first-order valence-corrected chi connectivity index (χ1v) is 8.61. The van der Waals surface area contributed by atoms with E-state index in [1.54, 1.807) is 11.8 Å². The third-order valence-corrected chi connectivity index (χ3v) is 4.66. The molecular weight excluding hydrogens is 355 g/mol. The molecule has 3 aromatic rings. The fourth-order valence-corrected chi connectivity index (χ4v) is 3.05. The molecule has 4 heterocycles. The minimum Gasteiger partial charge on any atom is -0.342 e. The average molecular weight is 372 g/mol. The zero-order chi connectivity index (χ0) is 18.8. The van der Waals surface area contributed by atoms with E-state index in [1.807, 2.05) is 0 Å². The molecule has 9 nitrogen and oxygen atoms in total. The third-order valence-electron chi connectivity index (χ3n) is 4.66. The van der Waals surface area contributed by atoms with E-state index in [0.29, 0.717) is 41.9 Å². The van der Waals surface area contributed by atoms with Crippen LogP contribution in [0.5, 0.6) is 0 Å². The maximum atomic E-state index is 13.0. The van der Waals surface area contributed by atoms with Crippen molar-refractivity contribution in [2.45, 2.75) is 32.1 Å². The normalized spacial score (nSPS) is 15.3. The van der Waals surface area contributed by atoms with Crippen LogP contribution in [0, 0.1) is 12.7 Å². The van der Waals surface area contributed by atoms with Crippen molar-refractivity contribution in [1.82, 2.24) is 30.3 Å². The number of carbonyl (C=O) groups excluding carboxylic acids is 1. The first-order chi connectivity index (χ1) is 13.1. The van der Waals surface area contributed by atoms with Gasteiger partial charge in [-0.3, -0.25) is 4.79 Å². The second kappa shape index (κ2) is 7.22. The minimum atomic E-state index is -0.420. The summed E-state index contributed by atoms with van der Waals surface area (Å²) in [6.07, 6.45) is 2.74. The first-order valence-electron chi connectivity index (χ1n) is 8.61. The molecule has 0 aromatic carbocycles. The fraction of sp³-hybridized carbons (Fsp3) is 0.412. The molecule has 10 heteroatoms. The number of piperidine rings is 1. The van der Waals surface area contributed by atoms with Crippen LogP contribution < -0.4 is 0 Å². The van der Waals surface area contributed by atoms with E-state index in [0.717, 1.165) is 19.0 Å². The quantitative estimate of drug-likeness (QED) is 0.683. The molecule has 3 aromatic heterocycles. The monoisotopic (exact) mass is 372 g/mol. The van der Waals surface area contributed by atoms with Crippen molar-refractivity contribution in [3.63, 3.8) is 0 Å². The summed E-state index contributed by atoms with van der Waals surface area (Å²) >= 11 is 0. The Hall–Kier alpha value is -3.17. The Kier molecular flexibility index (Phi) is 4.61. The van der Waals surface area contributed by atoms with Crippen LogP contribution in [0.1, 0.15) is 36.0 Å². The van der Waals surface area contributed by atoms with E-state index in [2.05, 4.69) is 30.1 Å². The lowest BCUT2D eigenvalue weighted by atomic mass is 9.96. The molecule has 0 radical (unpaired) electrons. The number of carbonyl (C=O) groups is 1. The number of pyridine rings is 1. The van der Waals surface area contributed by atoms with E-state index < -0.39 is 5.82 Å². The van der Waals surface area contributed by atoms with E-state index in [1.165, 1.54) is 12.1 Å². The van der Waals surface area contributed by atoms with Crippen molar-refractivity contribution in [2.24, 2.45) is 0 Å². The van der Waals surface area contributed by atoms with Gasteiger partial charge in [-0.25, -0.2) is 14.0 Å². The van der Waals surface area contributed by atoms with Crippen molar-refractivity contribution in [3.8, 4) is 11.5 Å². The molecule has 1 saturated heterocycles. The van der Waals surface area contributed by atoms with Gasteiger partial charge < -0.3 is 9.42 Å². The van der Waals surface area contributed by atoms with Crippen molar-refractivity contribution in [3.05, 3.63) is 41.4 Å². The highest BCUT2D eigenvalue weighted by Gasteiger charge is 2.28. The number of hydrogen-bond acceptors (Lipinski definition) is 8. The van der Waals surface area contributed by atoms with Crippen molar-refractivity contribution < 1.29 is 18.3 Å². The molecule has 0 spiro atoms. The van der Waals surface area contributed by atoms with Gasteiger partial charge in [0.25, 0.3) is 0 Å². The van der Waals surface area contributed by atoms with Crippen LogP contribution in [0.4, 0.5) is 4.39 Å². The molecular formula is C17H17FN6O3. The van der Waals surface area contributed by atoms with E-state index in [4.69, 9.17) is 4.52 Å². The summed E-state index contributed by atoms with van der Waals surface area (Å²) < 4.78 is 23.0. The van der Waals surface area contributed by atoms with Crippen LogP contribution in [0.25, 0.3) is 11.5 Å². The molecule has 0 saturated carbocycles. The number of amides is 1. The first kappa shape index (κ1) is 17.3. The highest BCUT2D eigenvalue weighted by Crippen LogP contribution is 2.28. The smallest absolute Gasteiger partial charge is 0.230 e. The summed E-state index contributed by atoms with van der Waals surface area (Å²) in [6, 6.07) is 2.81. The third kappa shape index (κ3) is 3.69. The predicted molar refractivity (Wildman–Crippen MR) is 88.8 cm³/mol. The lowest BCUT2D eigenvalue weighted by Crippen LogP contribution is -2.39. The summed E-state index contributed by atoms with van der Waals surface area (Å²) in [4.78, 5) is 22.5. The molecule has 0 atom stereocenters. The van der Waals surface area contributed by atoms with Crippen LogP contribution in [-0.2, 0) is 11.2 Å². The molecule has 0 unspecified atom stereocenters.